The van der Waals surface area contributed by atoms with Crippen LogP contribution in [0.2, 0.25) is 0 Å². The molecule has 0 saturated heterocycles. The summed E-state index contributed by atoms with van der Waals surface area (Å²) in [6, 6.07) is 23.6. The number of rotatable bonds is 7. The Morgan fingerprint density at radius 1 is 0.974 bits per heavy atom. The zero-order chi connectivity index (χ0) is 28.2. The van der Waals surface area contributed by atoms with E-state index in [2.05, 4.69) is 20.7 Å². The number of amides is 1. The van der Waals surface area contributed by atoms with Gasteiger partial charge in [0.2, 0.25) is 0 Å². The number of H-pyrrole nitrogens is 1. The van der Waals surface area contributed by atoms with E-state index < -0.39 is 0 Å². The lowest BCUT2D eigenvalue weighted by Crippen LogP contribution is -2.34. The number of nitrogens with zero attached hydrogens (tertiary/aromatic N) is 3. The maximum atomic E-state index is 13.1. The zero-order valence-corrected chi connectivity index (χ0v) is 24.1. The van der Waals surface area contributed by atoms with Gasteiger partial charge in [0, 0.05) is 0 Å². The molecule has 0 bridgehead atoms. The van der Waals surface area contributed by atoms with Crippen LogP contribution in [-0.2, 0) is 15.6 Å². The number of benzene rings is 3. The summed E-state index contributed by atoms with van der Waals surface area (Å²) in [6.45, 7) is 12.1. The Morgan fingerprint density at radius 2 is 1.54 bits per heavy atom. The number of aromatic nitrogens is 3. The van der Waals surface area contributed by atoms with Gasteiger partial charge in [0.25, 0.3) is 11.7 Å². The fourth-order valence-corrected chi connectivity index (χ4v) is 4.94. The second-order valence-corrected chi connectivity index (χ2v) is 12.4. The van der Waals surface area contributed by atoms with E-state index in [-0.39, 0.29) is 28.2 Å². The molecule has 0 aliphatic carbocycles. The third-order valence-electron chi connectivity index (χ3n) is 6.20. The first-order chi connectivity index (χ1) is 18.4. The van der Waals surface area contributed by atoms with Crippen LogP contribution in [0.3, 0.4) is 0 Å². The van der Waals surface area contributed by atoms with E-state index in [1.165, 1.54) is 11.8 Å². The highest BCUT2D eigenvalue weighted by molar-refractivity contribution is 7.99. The van der Waals surface area contributed by atoms with Crippen LogP contribution in [0.25, 0.3) is 17.1 Å². The van der Waals surface area contributed by atoms with Crippen molar-refractivity contribution in [1.29, 1.82) is 0 Å². The second-order valence-electron chi connectivity index (χ2n) is 11.4. The van der Waals surface area contributed by atoms with Crippen molar-refractivity contribution in [3.05, 3.63) is 89.5 Å². The average molecular weight is 542 g/mol. The number of aromatic amines is 1. The maximum absolute atomic E-state index is 13.1. The lowest BCUT2D eigenvalue weighted by Gasteiger charge is -2.33. The molecule has 0 aliphatic heterocycles. The summed E-state index contributed by atoms with van der Waals surface area (Å²) in [7, 11) is 0. The summed E-state index contributed by atoms with van der Waals surface area (Å²) in [4.78, 5) is 12.7. The monoisotopic (exact) mass is 541 g/mol. The normalized spacial score (nSPS) is 12.2. The number of carbonyl (C=O) groups excluding carboxylic acids is 1. The Balaban J connectivity index is 1.50. The van der Waals surface area contributed by atoms with Crippen LogP contribution >= 0.6 is 11.8 Å². The van der Waals surface area contributed by atoms with Crippen LogP contribution in [-0.4, -0.2) is 28.1 Å². The van der Waals surface area contributed by atoms with E-state index in [0.29, 0.717) is 5.16 Å². The first-order valence-electron chi connectivity index (χ1n) is 12.9. The van der Waals surface area contributed by atoms with E-state index in [1.54, 1.807) is 6.21 Å². The molecule has 0 fully saturated rings. The van der Waals surface area contributed by atoms with Crippen molar-refractivity contribution in [2.75, 3.05) is 5.75 Å². The first kappa shape index (κ1) is 28.1. The maximum Gasteiger partial charge on any atom is 0.342 e. The van der Waals surface area contributed by atoms with Crippen LogP contribution in [0.1, 0.15) is 58.2 Å². The number of nitrogens with one attached hydrogen (secondary N) is 2. The van der Waals surface area contributed by atoms with E-state index in [0.717, 1.165) is 33.8 Å². The molecule has 0 spiro atoms. The Kier molecular flexibility index (Phi) is 8.25. The standard InChI is InChI=1S/C31H35N5O2S/c1-30(2,3)24-17-21(18-25(27(24)38)31(4,5)6)19-32-33-26(37)20-39-29-35-34-28(22-13-9-7-10-14-22)36(29)23-15-11-8-12-16-23/h7-19H,20H2,1-6H3,(H2,32,33,37,38). The minimum Gasteiger partial charge on any atom is -0.872 e. The van der Waals surface area contributed by atoms with Crippen LogP contribution in [0.15, 0.2) is 83.1 Å². The predicted molar refractivity (Wildman–Crippen MR) is 155 cm³/mol. The molecule has 8 heteroatoms. The van der Waals surface area contributed by atoms with Crippen molar-refractivity contribution in [3.63, 3.8) is 0 Å². The summed E-state index contributed by atoms with van der Waals surface area (Å²) in [5.74, 6) is 0.762. The smallest absolute Gasteiger partial charge is 0.342 e. The van der Waals surface area contributed by atoms with Gasteiger partial charge in [-0.05, 0) is 63.5 Å². The Hall–Kier alpha value is -3.91. The fraction of sp³-hybridized carbons (Fsp3) is 0.290. The number of hydrogen-bond donors (Lipinski definition) is 2. The molecule has 4 aromatic rings. The third kappa shape index (κ3) is 6.75. The summed E-state index contributed by atoms with van der Waals surface area (Å²) < 4.78 is 2.00. The highest BCUT2D eigenvalue weighted by Gasteiger charge is 2.25. The number of hydrogen-bond acceptors (Lipinski definition) is 5. The Labute approximate surface area is 234 Å². The molecule has 0 aliphatic rings. The molecule has 1 heterocycles. The van der Waals surface area contributed by atoms with Gasteiger partial charge in [-0.3, -0.25) is 4.79 Å². The summed E-state index contributed by atoms with van der Waals surface area (Å²) >= 11 is 1.32. The van der Waals surface area contributed by atoms with Crippen LogP contribution < -0.4 is 15.1 Å². The number of hydrazone groups is 1. The van der Waals surface area contributed by atoms with Gasteiger partial charge in [-0.1, -0.05) is 90.1 Å². The van der Waals surface area contributed by atoms with E-state index in [1.807, 2.05) is 119 Å². The Morgan fingerprint density at radius 3 is 2.10 bits per heavy atom. The molecule has 39 heavy (non-hydrogen) atoms. The van der Waals surface area contributed by atoms with Gasteiger partial charge in [0.15, 0.2) is 0 Å². The Bertz CT molecular complexity index is 1430. The molecule has 1 aromatic heterocycles. The van der Waals surface area contributed by atoms with Crippen molar-refractivity contribution in [2.45, 2.75) is 57.5 Å². The molecule has 4 rings (SSSR count). The van der Waals surface area contributed by atoms with Gasteiger partial charge in [-0.15, -0.1) is 10.8 Å². The van der Waals surface area contributed by atoms with Gasteiger partial charge in [0.1, 0.15) is 5.69 Å². The van der Waals surface area contributed by atoms with Crippen molar-refractivity contribution in [3.8, 4) is 22.8 Å². The number of para-hydroxylation sites is 1. The van der Waals surface area contributed by atoms with E-state index >= 15 is 0 Å². The molecule has 0 atom stereocenters. The quantitative estimate of drug-likeness (QED) is 0.144. The predicted octanol–water partition coefficient (Wildman–Crippen LogP) is 5.26. The zero-order valence-electron chi connectivity index (χ0n) is 23.3. The third-order valence-corrected chi connectivity index (χ3v) is 7.14. The van der Waals surface area contributed by atoms with Crippen molar-refractivity contribution < 1.29 is 14.5 Å². The van der Waals surface area contributed by atoms with Crippen LogP contribution in [0.4, 0.5) is 0 Å². The van der Waals surface area contributed by atoms with Gasteiger partial charge in [-0.25, -0.2) is 5.43 Å². The summed E-state index contributed by atoms with van der Waals surface area (Å²) in [6.07, 6.45) is 1.60. The number of thioether (sulfide) groups is 1. The van der Waals surface area contributed by atoms with Gasteiger partial charge >= 0.3 is 5.16 Å². The van der Waals surface area contributed by atoms with Gasteiger partial charge < -0.3 is 5.11 Å². The van der Waals surface area contributed by atoms with Gasteiger partial charge in [0.05, 0.1) is 22.6 Å². The summed E-state index contributed by atoms with van der Waals surface area (Å²) in [5.41, 5.74) is 6.17. The minimum absolute atomic E-state index is 0.0631. The molecule has 1 amide bonds. The average Bonchev–Trinajstić information content (AvgIpc) is 3.32. The van der Waals surface area contributed by atoms with Crippen LogP contribution in [0, 0.1) is 0 Å². The molecular weight excluding hydrogens is 506 g/mol. The SMILES string of the molecule is CC(C)(C)c1cc(C=NNC(=O)CSc2n[nH]c(-c3ccccc3)[n+]2-c2ccccc2)cc(C(C)(C)C)c1[O-]. The first-order valence-corrected chi connectivity index (χ1v) is 13.9. The number of carbonyl (C=O) groups is 1. The van der Waals surface area contributed by atoms with Gasteiger partial charge in [-0.2, -0.15) is 9.67 Å². The molecule has 3 aromatic carbocycles. The molecule has 0 saturated carbocycles. The largest absolute Gasteiger partial charge is 0.872 e. The lowest BCUT2D eigenvalue weighted by atomic mass is 9.78. The van der Waals surface area contributed by atoms with E-state index in [4.69, 9.17) is 0 Å². The highest BCUT2D eigenvalue weighted by Crippen LogP contribution is 2.37. The molecule has 0 unspecified atom stereocenters. The lowest BCUT2D eigenvalue weighted by molar-refractivity contribution is -0.625. The fourth-order valence-electron chi connectivity index (χ4n) is 4.18. The van der Waals surface area contributed by atoms with E-state index in [9.17, 15) is 9.90 Å². The van der Waals surface area contributed by atoms with Crippen LogP contribution in [0.5, 0.6) is 5.75 Å². The van der Waals surface area contributed by atoms with Crippen molar-refractivity contribution >= 4 is 23.9 Å². The van der Waals surface area contributed by atoms with Crippen molar-refractivity contribution in [2.24, 2.45) is 5.10 Å². The topological polar surface area (TPSA) is 97.1 Å². The summed E-state index contributed by atoms with van der Waals surface area (Å²) in [5, 5.41) is 25.6. The molecule has 2 N–H and O–H groups in total. The molecular formula is C31H35N5O2S. The second kappa shape index (κ2) is 11.5. The molecule has 202 valence electrons. The van der Waals surface area contributed by atoms with Crippen molar-refractivity contribution in [1.82, 2.24) is 15.6 Å². The molecule has 7 nitrogen and oxygen atoms in total. The highest BCUT2D eigenvalue weighted by atomic mass is 32.2. The molecule has 0 radical (unpaired) electrons. The minimum atomic E-state index is -0.308.